The van der Waals surface area contributed by atoms with Crippen molar-refractivity contribution in [3.63, 3.8) is 0 Å². The fraction of sp³-hybridized carbons (Fsp3) is 1.00. The first kappa shape index (κ1) is 11.4. The van der Waals surface area contributed by atoms with Crippen LogP contribution in [0.15, 0.2) is 0 Å². The van der Waals surface area contributed by atoms with Crippen molar-refractivity contribution in [3.8, 4) is 0 Å². The van der Waals surface area contributed by atoms with Gasteiger partial charge in [-0.3, -0.25) is 9.80 Å². The quantitative estimate of drug-likeness (QED) is 0.649. The molecule has 15 heavy (non-hydrogen) atoms. The molecule has 2 heterocycles. The minimum Gasteiger partial charge on any atom is -0.371 e. The zero-order valence-corrected chi connectivity index (χ0v) is 10.7. The molecule has 0 aromatic heterocycles. The molecule has 0 aromatic rings. The summed E-state index contributed by atoms with van der Waals surface area (Å²) < 4.78 is 6.06. The Labute approximate surface area is 93.4 Å². The van der Waals surface area contributed by atoms with Crippen LogP contribution in [0.2, 0.25) is 0 Å². The smallest absolute Gasteiger partial charge is 0.0973 e. The first-order valence-electron chi connectivity index (χ1n) is 5.98. The van der Waals surface area contributed by atoms with E-state index in [-0.39, 0.29) is 11.1 Å². The van der Waals surface area contributed by atoms with Crippen molar-refractivity contribution in [2.75, 3.05) is 33.3 Å². The summed E-state index contributed by atoms with van der Waals surface area (Å²) in [5.41, 5.74) is 0.180. The van der Waals surface area contributed by atoms with Gasteiger partial charge in [0.15, 0.2) is 0 Å². The Morgan fingerprint density at radius 1 is 1.20 bits per heavy atom. The summed E-state index contributed by atoms with van der Waals surface area (Å²) in [6, 6.07) is 0.612. The van der Waals surface area contributed by atoms with E-state index in [1.807, 2.05) is 0 Å². The molecule has 0 spiro atoms. The van der Waals surface area contributed by atoms with Crippen LogP contribution < -0.4 is 0 Å². The van der Waals surface area contributed by atoms with Gasteiger partial charge < -0.3 is 4.74 Å². The minimum atomic E-state index is 0.00424. The van der Waals surface area contributed by atoms with Crippen molar-refractivity contribution < 1.29 is 4.74 Å². The lowest BCUT2D eigenvalue weighted by molar-refractivity contribution is -0.148. The number of likely N-dealkylation sites (tertiary alicyclic amines) is 1. The summed E-state index contributed by atoms with van der Waals surface area (Å²) in [5.74, 6) is 0. The summed E-state index contributed by atoms with van der Waals surface area (Å²) >= 11 is 0. The summed E-state index contributed by atoms with van der Waals surface area (Å²) in [6.45, 7) is 13.3. The van der Waals surface area contributed by atoms with Gasteiger partial charge in [-0.25, -0.2) is 0 Å². The standard InChI is InChI=1S/C12H24N2O/c1-10(2)14-8-11(3)12(4,9-14)15-7-6-13(11)5/h10H,6-9H2,1-5H3/t11-,12+/m1/s1. The normalized spacial score (nSPS) is 43.6. The number of likely N-dealkylation sites (N-methyl/N-ethyl adjacent to an activating group) is 1. The van der Waals surface area contributed by atoms with Gasteiger partial charge in [-0.05, 0) is 34.7 Å². The third-order valence-electron chi connectivity index (χ3n) is 4.58. The van der Waals surface area contributed by atoms with Crippen LogP contribution in [0.25, 0.3) is 0 Å². The van der Waals surface area contributed by atoms with E-state index in [1.54, 1.807) is 0 Å². The second kappa shape index (κ2) is 3.44. The molecule has 0 N–H and O–H groups in total. The maximum Gasteiger partial charge on any atom is 0.0973 e. The van der Waals surface area contributed by atoms with Gasteiger partial charge in [-0.2, -0.15) is 0 Å². The van der Waals surface area contributed by atoms with E-state index >= 15 is 0 Å². The molecule has 88 valence electrons. The van der Waals surface area contributed by atoms with E-state index < -0.39 is 0 Å². The summed E-state index contributed by atoms with van der Waals surface area (Å²) in [5, 5.41) is 0. The maximum absolute atomic E-state index is 6.06. The minimum absolute atomic E-state index is 0.00424. The van der Waals surface area contributed by atoms with Crippen LogP contribution in [0.4, 0.5) is 0 Å². The van der Waals surface area contributed by atoms with E-state index in [0.717, 1.165) is 26.2 Å². The fourth-order valence-corrected chi connectivity index (χ4v) is 2.92. The molecule has 0 aliphatic carbocycles. The van der Waals surface area contributed by atoms with Gasteiger partial charge in [0.25, 0.3) is 0 Å². The van der Waals surface area contributed by atoms with Gasteiger partial charge >= 0.3 is 0 Å². The number of fused-ring (bicyclic) bond motifs is 1. The molecule has 0 aromatic carbocycles. The van der Waals surface area contributed by atoms with Gasteiger partial charge in [0, 0.05) is 25.7 Å². The fourth-order valence-electron chi connectivity index (χ4n) is 2.92. The first-order valence-corrected chi connectivity index (χ1v) is 5.98. The molecule has 3 nitrogen and oxygen atoms in total. The molecule has 2 aliphatic rings. The van der Waals surface area contributed by atoms with Crippen molar-refractivity contribution in [1.82, 2.24) is 9.80 Å². The van der Waals surface area contributed by atoms with Crippen LogP contribution in [-0.2, 0) is 4.74 Å². The zero-order valence-electron chi connectivity index (χ0n) is 10.7. The Morgan fingerprint density at radius 2 is 1.87 bits per heavy atom. The SMILES string of the molecule is CC(C)N1C[C@@]2(C)N(C)CCO[C@@]2(C)C1. The molecule has 0 unspecified atom stereocenters. The molecule has 2 rings (SSSR count). The number of nitrogens with zero attached hydrogens (tertiary/aromatic N) is 2. The summed E-state index contributed by atoms with van der Waals surface area (Å²) in [7, 11) is 2.23. The largest absolute Gasteiger partial charge is 0.371 e. The molecule has 0 bridgehead atoms. The molecule has 0 saturated carbocycles. The van der Waals surface area contributed by atoms with Crippen LogP contribution in [0.3, 0.4) is 0 Å². The lowest BCUT2D eigenvalue weighted by Crippen LogP contribution is -2.65. The van der Waals surface area contributed by atoms with Crippen LogP contribution in [-0.4, -0.2) is 60.3 Å². The van der Waals surface area contributed by atoms with E-state index in [9.17, 15) is 0 Å². The van der Waals surface area contributed by atoms with Crippen molar-refractivity contribution in [2.45, 2.75) is 44.9 Å². The molecular formula is C12H24N2O. The topological polar surface area (TPSA) is 15.7 Å². The zero-order chi connectivity index (χ0) is 11.3. The second-order valence-electron chi connectivity index (χ2n) is 5.77. The first-order chi connectivity index (χ1) is 6.89. The van der Waals surface area contributed by atoms with Crippen molar-refractivity contribution in [2.24, 2.45) is 0 Å². The summed E-state index contributed by atoms with van der Waals surface area (Å²) in [4.78, 5) is 5.00. The maximum atomic E-state index is 6.06. The number of morpholine rings is 1. The van der Waals surface area contributed by atoms with Gasteiger partial charge in [0.1, 0.15) is 0 Å². The average Bonchev–Trinajstić information content (AvgIpc) is 2.41. The van der Waals surface area contributed by atoms with Crippen LogP contribution in [0, 0.1) is 0 Å². The number of rotatable bonds is 1. The highest BCUT2D eigenvalue weighted by Gasteiger charge is 2.57. The van der Waals surface area contributed by atoms with Crippen LogP contribution in [0.5, 0.6) is 0 Å². The molecule has 2 saturated heterocycles. The van der Waals surface area contributed by atoms with E-state index in [1.165, 1.54) is 0 Å². The highest BCUT2D eigenvalue weighted by Crippen LogP contribution is 2.41. The van der Waals surface area contributed by atoms with Gasteiger partial charge in [-0.15, -0.1) is 0 Å². The van der Waals surface area contributed by atoms with Crippen LogP contribution >= 0.6 is 0 Å². The predicted molar refractivity (Wildman–Crippen MR) is 62.1 cm³/mol. The highest BCUT2D eigenvalue weighted by molar-refractivity contribution is 5.13. The van der Waals surface area contributed by atoms with E-state index in [0.29, 0.717) is 6.04 Å². The van der Waals surface area contributed by atoms with E-state index in [4.69, 9.17) is 4.74 Å². The highest BCUT2D eigenvalue weighted by atomic mass is 16.5. The lowest BCUT2D eigenvalue weighted by Gasteiger charge is -2.50. The van der Waals surface area contributed by atoms with E-state index in [2.05, 4.69) is 44.5 Å². The van der Waals surface area contributed by atoms with Crippen molar-refractivity contribution in [3.05, 3.63) is 0 Å². The monoisotopic (exact) mass is 212 g/mol. The summed E-state index contributed by atoms with van der Waals surface area (Å²) in [6.07, 6.45) is 0. The average molecular weight is 212 g/mol. The lowest BCUT2D eigenvalue weighted by atomic mass is 9.83. The van der Waals surface area contributed by atoms with Crippen molar-refractivity contribution in [1.29, 1.82) is 0 Å². The van der Waals surface area contributed by atoms with Gasteiger partial charge in [0.05, 0.1) is 17.7 Å². The predicted octanol–water partition coefficient (Wildman–Crippen LogP) is 1.19. The Kier molecular flexibility index (Phi) is 2.61. The number of hydrogen-bond acceptors (Lipinski definition) is 3. The van der Waals surface area contributed by atoms with Crippen LogP contribution in [0.1, 0.15) is 27.7 Å². The molecule has 2 atom stereocenters. The molecule has 0 amide bonds. The Bertz CT molecular complexity index is 256. The molecular weight excluding hydrogens is 188 g/mol. The Morgan fingerprint density at radius 3 is 2.40 bits per heavy atom. The number of ether oxygens (including phenoxy) is 1. The third kappa shape index (κ3) is 1.52. The molecule has 2 aliphatic heterocycles. The van der Waals surface area contributed by atoms with Crippen molar-refractivity contribution >= 4 is 0 Å². The van der Waals surface area contributed by atoms with Gasteiger partial charge in [-0.1, -0.05) is 0 Å². The molecule has 3 heteroatoms. The second-order valence-corrected chi connectivity index (χ2v) is 5.77. The number of hydrogen-bond donors (Lipinski definition) is 0. The Hall–Kier alpha value is -0.120. The molecule has 2 fully saturated rings. The van der Waals surface area contributed by atoms with Gasteiger partial charge in [0.2, 0.25) is 0 Å². The third-order valence-corrected chi connectivity index (χ3v) is 4.58. The molecule has 0 radical (unpaired) electrons. The Balaban J connectivity index is 2.26.